The van der Waals surface area contributed by atoms with E-state index >= 15 is 0 Å². The molecule has 3 aromatic rings. The van der Waals surface area contributed by atoms with E-state index in [9.17, 15) is 9.18 Å². The standard InChI is InChI=1S/C23H26FN3O3/c1-17(19-8-4-3-5-9-19)27(14-18-7-6-10-20(24)13-18)15-22-26-21(16-30-22)23(28)25-11-12-29-2/h3-10,13,16-17H,11-12,14-15H2,1-2H3,(H,25,28). The van der Waals surface area contributed by atoms with Gasteiger partial charge in [-0.05, 0) is 30.2 Å². The second kappa shape index (κ2) is 10.7. The molecule has 1 amide bonds. The van der Waals surface area contributed by atoms with Gasteiger partial charge in [-0.25, -0.2) is 9.37 Å². The summed E-state index contributed by atoms with van der Waals surface area (Å²) in [7, 11) is 1.57. The minimum absolute atomic E-state index is 0.0281. The molecule has 0 aliphatic rings. The van der Waals surface area contributed by atoms with Gasteiger partial charge < -0.3 is 14.5 Å². The van der Waals surface area contributed by atoms with Crippen molar-refractivity contribution in [1.29, 1.82) is 0 Å². The fraction of sp³-hybridized carbons (Fsp3) is 0.304. The van der Waals surface area contributed by atoms with Crippen LogP contribution in [-0.2, 0) is 17.8 Å². The number of nitrogens with zero attached hydrogens (tertiary/aromatic N) is 2. The first-order valence-corrected chi connectivity index (χ1v) is 9.82. The maximum absolute atomic E-state index is 13.7. The Bertz CT molecular complexity index is 946. The number of oxazole rings is 1. The molecule has 1 heterocycles. The lowest BCUT2D eigenvalue weighted by atomic mass is 10.1. The molecule has 1 aromatic heterocycles. The summed E-state index contributed by atoms with van der Waals surface area (Å²) in [4.78, 5) is 18.6. The first-order valence-electron chi connectivity index (χ1n) is 9.82. The number of halogens is 1. The van der Waals surface area contributed by atoms with Crippen molar-refractivity contribution in [2.75, 3.05) is 20.3 Å². The summed E-state index contributed by atoms with van der Waals surface area (Å²) in [6, 6.07) is 16.6. The van der Waals surface area contributed by atoms with Crippen LogP contribution in [0.15, 0.2) is 65.3 Å². The first-order chi connectivity index (χ1) is 14.6. The van der Waals surface area contributed by atoms with Crippen molar-refractivity contribution in [1.82, 2.24) is 15.2 Å². The van der Waals surface area contributed by atoms with Gasteiger partial charge in [0.15, 0.2) is 5.69 Å². The average Bonchev–Trinajstić information content (AvgIpc) is 3.22. The summed E-state index contributed by atoms with van der Waals surface area (Å²) in [6.45, 7) is 3.78. The van der Waals surface area contributed by atoms with Crippen LogP contribution in [0.3, 0.4) is 0 Å². The quantitative estimate of drug-likeness (QED) is 0.512. The molecule has 0 aliphatic carbocycles. The first kappa shape index (κ1) is 21.7. The molecule has 7 heteroatoms. The summed E-state index contributed by atoms with van der Waals surface area (Å²) < 4.78 is 24.2. The molecule has 0 fully saturated rings. The number of carbonyl (C=O) groups is 1. The maximum Gasteiger partial charge on any atom is 0.273 e. The molecule has 2 aromatic carbocycles. The molecule has 0 bridgehead atoms. The highest BCUT2D eigenvalue weighted by molar-refractivity contribution is 5.91. The molecule has 0 aliphatic heterocycles. The van der Waals surface area contributed by atoms with Crippen molar-refractivity contribution in [3.05, 3.63) is 89.4 Å². The van der Waals surface area contributed by atoms with Crippen LogP contribution in [0.4, 0.5) is 4.39 Å². The molecule has 0 saturated heterocycles. The van der Waals surface area contributed by atoms with Gasteiger partial charge in [0.25, 0.3) is 5.91 Å². The molecule has 1 N–H and O–H groups in total. The predicted octanol–water partition coefficient (Wildman–Crippen LogP) is 3.95. The summed E-state index contributed by atoms with van der Waals surface area (Å²) in [5, 5.41) is 2.72. The second-order valence-corrected chi connectivity index (χ2v) is 7.00. The SMILES string of the molecule is COCCNC(=O)c1coc(CN(Cc2cccc(F)c2)C(C)c2ccccc2)n1. The third-order valence-corrected chi connectivity index (χ3v) is 4.82. The monoisotopic (exact) mass is 411 g/mol. The van der Waals surface area contributed by atoms with Crippen molar-refractivity contribution in [2.24, 2.45) is 0 Å². The second-order valence-electron chi connectivity index (χ2n) is 7.00. The van der Waals surface area contributed by atoms with E-state index in [0.29, 0.717) is 32.1 Å². The highest BCUT2D eigenvalue weighted by Gasteiger charge is 2.20. The number of amides is 1. The molecule has 3 rings (SSSR count). The van der Waals surface area contributed by atoms with E-state index < -0.39 is 0 Å². The number of benzene rings is 2. The topological polar surface area (TPSA) is 67.6 Å². The van der Waals surface area contributed by atoms with Crippen molar-refractivity contribution in [2.45, 2.75) is 26.1 Å². The van der Waals surface area contributed by atoms with Crippen LogP contribution in [0.5, 0.6) is 0 Å². The van der Waals surface area contributed by atoms with Crippen LogP contribution < -0.4 is 5.32 Å². The van der Waals surface area contributed by atoms with Gasteiger partial charge in [0.2, 0.25) is 5.89 Å². The predicted molar refractivity (Wildman–Crippen MR) is 111 cm³/mol. The van der Waals surface area contributed by atoms with E-state index in [1.54, 1.807) is 13.2 Å². The third kappa shape index (κ3) is 5.98. The van der Waals surface area contributed by atoms with Crippen molar-refractivity contribution in [3.8, 4) is 0 Å². The van der Waals surface area contributed by atoms with Crippen molar-refractivity contribution in [3.63, 3.8) is 0 Å². The largest absolute Gasteiger partial charge is 0.447 e. The van der Waals surface area contributed by atoms with Gasteiger partial charge in [0.05, 0.1) is 13.2 Å². The van der Waals surface area contributed by atoms with Crippen LogP contribution in [0.1, 0.15) is 40.5 Å². The highest BCUT2D eigenvalue weighted by atomic mass is 19.1. The van der Waals surface area contributed by atoms with E-state index in [0.717, 1.165) is 11.1 Å². The van der Waals surface area contributed by atoms with Gasteiger partial charge in [-0.3, -0.25) is 9.69 Å². The lowest BCUT2D eigenvalue weighted by Crippen LogP contribution is -2.28. The number of hydrogen-bond acceptors (Lipinski definition) is 5. The zero-order valence-electron chi connectivity index (χ0n) is 17.2. The summed E-state index contributed by atoms with van der Waals surface area (Å²) >= 11 is 0. The lowest BCUT2D eigenvalue weighted by Gasteiger charge is -2.28. The molecule has 0 spiro atoms. The normalized spacial score (nSPS) is 12.1. The fourth-order valence-corrected chi connectivity index (χ4v) is 3.16. The van der Waals surface area contributed by atoms with E-state index in [1.807, 2.05) is 36.4 Å². The minimum atomic E-state index is -0.310. The Morgan fingerprint density at radius 2 is 2.00 bits per heavy atom. The van der Waals surface area contributed by atoms with Gasteiger partial charge in [-0.2, -0.15) is 0 Å². The number of hydrogen-bond donors (Lipinski definition) is 1. The van der Waals surface area contributed by atoms with Crippen LogP contribution in [-0.4, -0.2) is 36.1 Å². The Kier molecular flexibility index (Phi) is 7.70. The van der Waals surface area contributed by atoms with E-state index in [1.165, 1.54) is 18.4 Å². The number of methoxy groups -OCH3 is 1. The number of ether oxygens (including phenoxy) is 1. The number of rotatable bonds is 10. The average molecular weight is 411 g/mol. The summed E-state index contributed by atoms with van der Waals surface area (Å²) in [5.74, 6) is -0.160. The maximum atomic E-state index is 13.7. The van der Waals surface area contributed by atoms with Gasteiger partial charge in [-0.1, -0.05) is 42.5 Å². The van der Waals surface area contributed by atoms with Gasteiger partial charge in [-0.15, -0.1) is 0 Å². The Morgan fingerprint density at radius 1 is 1.20 bits per heavy atom. The van der Waals surface area contributed by atoms with Crippen LogP contribution >= 0.6 is 0 Å². The summed E-state index contributed by atoms with van der Waals surface area (Å²) in [5.41, 5.74) is 2.19. The zero-order chi connectivity index (χ0) is 21.3. The molecule has 1 atom stereocenters. The van der Waals surface area contributed by atoms with Gasteiger partial charge in [0.1, 0.15) is 12.1 Å². The van der Waals surface area contributed by atoms with Gasteiger partial charge in [0, 0.05) is 26.2 Å². The Balaban J connectivity index is 1.76. The molecular weight excluding hydrogens is 385 g/mol. The number of aromatic nitrogens is 1. The smallest absolute Gasteiger partial charge is 0.273 e. The molecule has 0 saturated carbocycles. The van der Waals surface area contributed by atoms with Crippen molar-refractivity contribution < 1.29 is 18.3 Å². The Labute approximate surface area is 175 Å². The molecule has 0 radical (unpaired) electrons. The molecular formula is C23H26FN3O3. The van der Waals surface area contributed by atoms with E-state index in [4.69, 9.17) is 9.15 Å². The van der Waals surface area contributed by atoms with Crippen molar-refractivity contribution >= 4 is 5.91 Å². The van der Waals surface area contributed by atoms with E-state index in [2.05, 4.69) is 22.1 Å². The van der Waals surface area contributed by atoms with Crippen LogP contribution in [0.25, 0.3) is 0 Å². The number of nitrogens with one attached hydrogen (secondary N) is 1. The number of carbonyl (C=O) groups excluding carboxylic acids is 1. The molecule has 158 valence electrons. The Morgan fingerprint density at radius 3 is 2.73 bits per heavy atom. The summed E-state index contributed by atoms with van der Waals surface area (Å²) in [6.07, 6.45) is 1.35. The Hall–Kier alpha value is -3.03. The van der Waals surface area contributed by atoms with E-state index in [-0.39, 0.29) is 23.5 Å². The highest BCUT2D eigenvalue weighted by Crippen LogP contribution is 2.24. The van der Waals surface area contributed by atoms with Crippen LogP contribution in [0.2, 0.25) is 0 Å². The molecule has 1 unspecified atom stereocenters. The lowest BCUT2D eigenvalue weighted by molar-refractivity contribution is 0.0932. The van der Waals surface area contributed by atoms with Crippen LogP contribution in [0, 0.1) is 5.82 Å². The molecule has 6 nitrogen and oxygen atoms in total. The van der Waals surface area contributed by atoms with Gasteiger partial charge >= 0.3 is 0 Å². The minimum Gasteiger partial charge on any atom is -0.447 e. The zero-order valence-corrected chi connectivity index (χ0v) is 17.2. The third-order valence-electron chi connectivity index (χ3n) is 4.82. The molecule has 30 heavy (non-hydrogen) atoms. The fourth-order valence-electron chi connectivity index (χ4n) is 3.16.